The maximum Gasteiger partial charge on any atom is 0.331 e. The maximum absolute atomic E-state index is 12.2. The number of nitrogens with zero attached hydrogens (tertiary/aromatic N) is 2. The van der Waals surface area contributed by atoms with Gasteiger partial charge in [-0.15, -0.1) is 5.59 Å². The van der Waals surface area contributed by atoms with Crippen LogP contribution in [0.5, 0.6) is 0 Å². The Hall–Kier alpha value is -2.37. The first-order valence-electron chi connectivity index (χ1n) is 5.57. The molecule has 0 fully saturated rings. The van der Waals surface area contributed by atoms with Crippen LogP contribution in [0.25, 0.3) is 10.9 Å². The van der Waals surface area contributed by atoms with E-state index in [9.17, 15) is 9.59 Å². The van der Waals surface area contributed by atoms with E-state index in [-0.39, 0.29) is 5.56 Å². The van der Waals surface area contributed by atoms with Crippen LogP contribution in [0.4, 0.5) is 0 Å². The lowest BCUT2D eigenvalue weighted by molar-refractivity contribution is -0.139. The lowest BCUT2D eigenvalue weighted by atomic mass is 10.2. The number of hydrogen-bond acceptors (Lipinski definition) is 5. The number of carbonyl (C=O) groups excluding carboxylic acids is 1. The molecule has 0 aliphatic rings. The largest absolute Gasteiger partial charge is 0.331 e. The minimum absolute atomic E-state index is 0.293. The average molecular weight is 247 g/mol. The average Bonchev–Trinajstić information content (AvgIpc) is 2.37. The number of carbonyl (C=O) groups is 1. The van der Waals surface area contributed by atoms with Crippen molar-refractivity contribution >= 4 is 16.9 Å². The molecule has 1 aromatic heterocycles. The van der Waals surface area contributed by atoms with Gasteiger partial charge in [0, 0.05) is 13.3 Å². The standard InChI is InChI=1S/C12H13N3O3/c1-3-11-13-10-7-5-4-6-9(10)12(17)15(11)14-18-8(2)16/h4-7,14H,3H2,1-2H3. The van der Waals surface area contributed by atoms with Gasteiger partial charge in [0.25, 0.3) is 5.56 Å². The highest BCUT2D eigenvalue weighted by Crippen LogP contribution is 2.07. The van der Waals surface area contributed by atoms with E-state index in [1.807, 2.05) is 13.0 Å². The minimum Gasteiger partial charge on any atom is -0.328 e. The normalized spacial score (nSPS) is 10.3. The predicted octanol–water partition coefficient (Wildman–Crippen LogP) is 0.980. The molecule has 1 N–H and O–H groups in total. The Labute approximate surface area is 103 Å². The number of hydrogen-bond donors (Lipinski definition) is 1. The molecule has 0 radical (unpaired) electrons. The van der Waals surface area contributed by atoms with Gasteiger partial charge in [-0.1, -0.05) is 19.1 Å². The molecule has 0 saturated heterocycles. The number of benzene rings is 1. The molecule has 18 heavy (non-hydrogen) atoms. The number of nitrogens with one attached hydrogen (secondary N) is 1. The number of aromatic nitrogens is 2. The Morgan fingerprint density at radius 3 is 2.83 bits per heavy atom. The first-order chi connectivity index (χ1) is 8.63. The lowest BCUT2D eigenvalue weighted by Crippen LogP contribution is -2.33. The monoisotopic (exact) mass is 247 g/mol. The fourth-order valence-corrected chi connectivity index (χ4v) is 1.62. The van der Waals surface area contributed by atoms with Crippen molar-refractivity contribution in [3.63, 3.8) is 0 Å². The van der Waals surface area contributed by atoms with Crippen LogP contribution < -0.4 is 11.1 Å². The molecule has 0 atom stereocenters. The van der Waals surface area contributed by atoms with Crippen molar-refractivity contribution in [2.45, 2.75) is 20.3 Å². The van der Waals surface area contributed by atoms with Crippen molar-refractivity contribution in [1.29, 1.82) is 0 Å². The Bertz CT molecular complexity index is 649. The van der Waals surface area contributed by atoms with Crippen molar-refractivity contribution in [3.05, 3.63) is 40.4 Å². The molecule has 0 bridgehead atoms. The third kappa shape index (κ3) is 2.17. The summed E-state index contributed by atoms with van der Waals surface area (Å²) in [6.07, 6.45) is 0.536. The van der Waals surface area contributed by atoms with E-state index < -0.39 is 5.97 Å². The quantitative estimate of drug-likeness (QED) is 0.818. The van der Waals surface area contributed by atoms with Gasteiger partial charge in [-0.2, -0.15) is 4.68 Å². The molecule has 1 heterocycles. The molecule has 2 rings (SSSR count). The highest BCUT2D eigenvalue weighted by atomic mass is 16.7. The van der Waals surface area contributed by atoms with Crippen molar-refractivity contribution in [1.82, 2.24) is 9.66 Å². The second-order valence-electron chi connectivity index (χ2n) is 3.72. The van der Waals surface area contributed by atoms with Gasteiger partial charge >= 0.3 is 5.97 Å². The van der Waals surface area contributed by atoms with E-state index in [4.69, 9.17) is 0 Å². The van der Waals surface area contributed by atoms with Gasteiger partial charge in [0.15, 0.2) is 0 Å². The molecule has 0 amide bonds. The Balaban J connectivity index is 2.59. The summed E-state index contributed by atoms with van der Waals surface area (Å²) in [4.78, 5) is 31.9. The van der Waals surface area contributed by atoms with E-state index >= 15 is 0 Å². The van der Waals surface area contributed by atoms with Crippen LogP contribution >= 0.6 is 0 Å². The third-order valence-electron chi connectivity index (χ3n) is 2.44. The molecule has 0 saturated carbocycles. The number of aryl methyl sites for hydroxylation is 1. The van der Waals surface area contributed by atoms with E-state index in [1.54, 1.807) is 18.2 Å². The minimum atomic E-state index is -0.530. The third-order valence-corrected chi connectivity index (χ3v) is 2.44. The SMILES string of the molecule is CCc1nc2ccccc2c(=O)n1NOC(C)=O. The molecule has 0 unspecified atom stereocenters. The summed E-state index contributed by atoms with van der Waals surface area (Å²) in [6, 6.07) is 7.02. The van der Waals surface area contributed by atoms with Crippen molar-refractivity contribution in [2.75, 3.05) is 5.59 Å². The summed E-state index contributed by atoms with van der Waals surface area (Å²) in [7, 11) is 0. The van der Waals surface area contributed by atoms with Crippen LogP contribution in [-0.4, -0.2) is 15.6 Å². The Morgan fingerprint density at radius 2 is 2.17 bits per heavy atom. The zero-order valence-electron chi connectivity index (χ0n) is 10.1. The molecule has 1 aromatic carbocycles. The molecule has 2 aromatic rings. The van der Waals surface area contributed by atoms with Crippen LogP contribution in [0.2, 0.25) is 0 Å². The van der Waals surface area contributed by atoms with Gasteiger partial charge in [-0.3, -0.25) is 4.79 Å². The van der Waals surface area contributed by atoms with Crippen LogP contribution in [0.1, 0.15) is 19.7 Å². The number of fused-ring (bicyclic) bond motifs is 1. The Morgan fingerprint density at radius 1 is 1.44 bits per heavy atom. The maximum atomic E-state index is 12.2. The molecule has 94 valence electrons. The number of para-hydroxylation sites is 1. The highest BCUT2D eigenvalue weighted by Gasteiger charge is 2.09. The molecule has 0 aliphatic carbocycles. The topological polar surface area (TPSA) is 73.2 Å². The molecular weight excluding hydrogens is 234 g/mol. The lowest BCUT2D eigenvalue weighted by Gasteiger charge is -2.12. The highest BCUT2D eigenvalue weighted by molar-refractivity contribution is 5.77. The molecular formula is C12H13N3O3. The summed E-state index contributed by atoms with van der Waals surface area (Å²) in [6.45, 7) is 3.11. The fraction of sp³-hybridized carbons (Fsp3) is 0.250. The zero-order chi connectivity index (χ0) is 13.1. The Kier molecular flexibility index (Phi) is 3.27. The number of rotatable bonds is 3. The van der Waals surface area contributed by atoms with Gasteiger partial charge in [-0.25, -0.2) is 9.78 Å². The van der Waals surface area contributed by atoms with Crippen molar-refractivity contribution in [2.24, 2.45) is 0 Å². The van der Waals surface area contributed by atoms with Crippen LogP contribution in [-0.2, 0) is 16.1 Å². The van der Waals surface area contributed by atoms with Gasteiger partial charge in [-0.05, 0) is 12.1 Å². The predicted molar refractivity (Wildman–Crippen MR) is 66.5 cm³/mol. The van der Waals surface area contributed by atoms with Gasteiger partial charge in [0.2, 0.25) is 0 Å². The van der Waals surface area contributed by atoms with E-state index in [2.05, 4.69) is 15.4 Å². The van der Waals surface area contributed by atoms with Gasteiger partial charge < -0.3 is 4.84 Å². The second kappa shape index (κ2) is 4.87. The van der Waals surface area contributed by atoms with Gasteiger partial charge in [0.05, 0.1) is 10.9 Å². The zero-order valence-corrected chi connectivity index (χ0v) is 10.1. The van der Waals surface area contributed by atoms with E-state index in [1.165, 1.54) is 6.92 Å². The van der Waals surface area contributed by atoms with Crippen molar-refractivity contribution < 1.29 is 9.63 Å². The van der Waals surface area contributed by atoms with Crippen LogP contribution in [0.15, 0.2) is 29.1 Å². The summed E-state index contributed by atoms with van der Waals surface area (Å²) in [5, 5.41) is 0.467. The van der Waals surface area contributed by atoms with Gasteiger partial charge in [0.1, 0.15) is 5.82 Å². The van der Waals surface area contributed by atoms with Crippen LogP contribution in [0.3, 0.4) is 0 Å². The first-order valence-corrected chi connectivity index (χ1v) is 5.57. The van der Waals surface area contributed by atoms with Crippen LogP contribution in [0, 0.1) is 0 Å². The molecule has 6 heteroatoms. The summed E-state index contributed by atoms with van der Waals surface area (Å²) >= 11 is 0. The fourth-order valence-electron chi connectivity index (χ4n) is 1.62. The molecule has 0 aliphatic heterocycles. The molecule has 0 spiro atoms. The van der Waals surface area contributed by atoms with E-state index in [0.717, 1.165) is 4.68 Å². The van der Waals surface area contributed by atoms with Crippen molar-refractivity contribution in [3.8, 4) is 0 Å². The first kappa shape index (κ1) is 12.1. The summed E-state index contributed by atoms with van der Waals surface area (Å²) < 4.78 is 1.14. The molecule has 6 nitrogen and oxygen atoms in total. The summed E-state index contributed by atoms with van der Waals surface area (Å²) in [5.41, 5.74) is 2.65. The van der Waals surface area contributed by atoms with E-state index in [0.29, 0.717) is 23.1 Å². The second-order valence-corrected chi connectivity index (χ2v) is 3.72. The smallest absolute Gasteiger partial charge is 0.328 e. The summed E-state index contributed by atoms with van der Waals surface area (Å²) in [5.74, 6) is -0.0305.